The Morgan fingerprint density at radius 2 is 1.63 bits per heavy atom. The highest BCUT2D eigenvalue weighted by molar-refractivity contribution is 6.18. The fourth-order valence-electron chi connectivity index (χ4n) is 3.39. The van der Waals surface area contributed by atoms with E-state index < -0.39 is 6.04 Å². The molecule has 3 aromatic rings. The topological polar surface area (TPSA) is 69.6 Å². The quantitative estimate of drug-likeness (QED) is 0.673. The predicted octanol–water partition coefficient (Wildman–Crippen LogP) is 3.35. The van der Waals surface area contributed by atoms with E-state index in [-0.39, 0.29) is 17.4 Å². The lowest BCUT2D eigenvalue weighted by molar-refractivity contribution is -0.121. The second-order valence-corrected chi connectivity index (χ2v) is 7.46. The van der Waals surface area contributed by atoms with Crippen molar-refractivity contribution in [3.8, 4) is 11.4 Å². The molecular weight excluding hydrogens is 378 g/mol. The van der Waals surface area contributed by atoms with Gasteiger partial charge in [-0.25, -0.2) is 9.97 Å². The molecule has 30 heavy (non-hydrogen) atoms. The van der Waals surface area contributed by atoms with Crippen LogP contribution in [0.5, 0.6) is 0 Å². The number of aromatic nitrogens is 2. The second kappa shape index (κ2) is 7.68. The number of carbonyl (C=O) groups is 2. The van der Waals surface area contributed by atoms with Gasteiger partial charge in [-0.2, -0.15) is 0 Å². The Morgan fingerprint density at radius 3 is 2.30 bits per heavy atom. The highest BCUT2D eigenvalue weighted by atomic mass is 16.2. The van der Waals surface area contributed by atoms with Crippen LogP contribution in [0.2, 0.25) is 0 Å². The van der Waals surface area contributed by atoms with Crippen LogP contribution in [0.15, 0.2) is 60.8 Å². The maximum atomic E-state index is 13.6. The molecule has 1 aromatic heterocycles. The lowest BCUT2D eigenvalue weighted by Crippen LogP contribution is -2.42. The molecule has 1 atom stereocenters. The average molecular weight is 401 g/mol. The summed E-state index contributed by atoms with van der Waals surface area (Å²) in [4.78, 5) is 40.8. The van der Waals surface area contributed by atoms with Crippen molar-refractivity contribution in [1.82, 2.24) is 14.9 Å². The summed E-state index contributed by atoms with van der Waals surface area (Å²) in [6, 6.07) is 16.4. The minimum atomic E-state index is -0.417. The van der Waals surface area contributed by atoms with E-state index in [9.17, 15) is 9.59 Å². The van der Waals surface area contributed by atoms with Gasteiger partial charge in [0.25, 0.3) is 5.91 Å². The molecule has 1 unspecified atom stereocenters. The molecule has 0 saturated carbocycles. The summed E-state index contributed by atoms with van der Waals surface area (Å²) in [6.45, 7) is 1.83. The Balaban J connectivity index is 1.98. The lowest BCUT2D eigenvalue weighted by Gasteiger charge is -2.29. The maximum Gasteiger partial charge on any atom is 0.263 e. The van der Waals surface area contributed by atoms with Gasteiger partial charge in [-0.1, -0.05) is 42.5 Å². The van der Waals surface area contributed by atoms with Crippen LogP contribution in [0.4, 0.5) is 17.2 Å². The number of likely N-dealkylation sites (N-methyl/N-ethyl adjacent to an activating group) is 1. The summed E-state index contributed by atoms with van der Waals surface area (Å²) >= 11 is 0. The Labute approximate surface area is 175 Å². The lowest BCUT2D eigenvalue weighted by atomic mass is 10.1. The molecule has 0 saturated heterocycles. The number of amides is 2. The van der Waals surface area contributed by atoms with Gasteiger partial charge in [-0.3, -0.25) is 19.4 Å². The number of hydrogen-bond acceptors (Lipinski definition) is 5. The Bertz CT molecular complexity index is 1110. The van der Waals surface area contributed by atoms with E-state index in [1.54, 1.807) is 11.9 Å². The summed E-state index contributed by atoms with van der Waals surface area (Å²) in [5, 5.41) is 0. The molecule has 0 bridgehead atoms. The van der Waals surface area contributed by atoms with Gasteiger partial charge in [0.1, 0.15) is 5.56 Å². The van der Waals surface area contributed by atoms with Crippen LogP contribution in [-0.2, 0) is 4.79 Å². The van der Waals surface area contributed by atoms with Crippen LogP contribution < -0.4 is 9.80 Å². The molecule has 2 heterocycles. The number of para-hydroxylation sites is 2. The van der Waals surface area contributed by atoms with Crippen molar-refractivity contribution in [1.29, 1.82) is 0 Å². The maximum absolute atomic E-state index is 13.6. The van der Waals surface area contributed by atoms with E-state index in [0.29, 0.717) is 23.0 Å². The van der Waals surface area contributed by atoms with Gasteiger partial charge in [-0.05, 0) is 33.2 Å². The average Bonchev–Trinajstić information content (AvgIpc) is 2.86. The monoisotopic (exact) mass is 401 g/mol. The van der Waals surface area contributed by atoms with Crippen molar-refractivity contribution >= 4 is 29.0 Å². The third-order valence-corrected chi connectivity index (χ3v) is 5.38. The van der Waals surface area contributed by atoms with Crippen LogP contribution >= 0.6 is 0 Å². The first-order valence-corrected chi connectivity index (χ1v) is 9.70. The predicted molar refractivity (Wildman–Crippen MR) is 117 cm³/mol. The van der Waals surface area contributed by atoms with Gasteiger partial charge in [0.15, 0.2) is 11.6 Å². The van der Waals surface area contributed by atoms with Gasteiger partial charge >= 0.3 is 0 Å². The van der Waals surface area contributed by atoms with Crippen LogP contribution in [0.1, 0.15) is 17.3 Å². The minimum Gasteiger partial charge on any atom is -0.309 e. The number of fused-ring (bicyclic) bond motifs is 2. The molecule has 0 fully saturated rings. The molecule has 152 valence electrons. The number of anilines is 3. The largest absolute Gasteiger partial charge is 0.309 e. The Hall–Kier alpha value is -3.58. The Kier molecular flexibility index (Phi) is 5.05. The van der Waals surface area contributed by atoms with E-state index in [2.05, 4.69) is 4.98 Å². The van der Waals surface area contributed by atoms with Gasteiger partial charge in [0.2, 0.25) is 5.91 Å². The summed E-state index contributed by atoms with van der Waals surface area (Å²) in [6.07, 6.45) is 1.51. The number of carbonyl (C=O) groups excluding carboxylic acids is 2. The van der Waals surface area contributed by atoms with E-state index >= 15 is 0 Å². The molecule has 0 spiro atoms. The van der Waals surface area contributed by atoms with Crippen molar-refractivity contribution in [3.05, 3.63) is 66.4 Å². The molecule has 1 aliphatic rings. The van der Waals surface area contributed by atoms with Crippen molar-refractivity contribution in [3.63, 3.8) is 0 Å². The zero-order valence-corrected chi connectivity index (χ0v) is 17.4. The summed E-state index contributed by atoms with van der Waals surface area (Å²) < 4.78 is 0. The molecule has 7 nitrogen and oxygen atoms in total. The van der Waals surface area contributed by atoms with Crippen LogP contribution in [-0.4, -0.2) is 53.9 Å². The van der Waals surface area contributed by atoms with Gasteiger partial charge < -0.3 is 4.90 Å². The standard InChI is InChI=1S/C23H23N5O2/c1-15(26(2)3)22(29)28-19-13-9-8-12-18(19)27(4)23(30)17-14-24-20(25-21(17)28)16-10-6-5-7-11-16/h5-15H,1-4H3. The first-order chi connectivity index (χ1) is 14.4. The summed E-state index contributed by atoms with van der Waals surface area (Å²) in [7, 11) is 5.39. The number of rotatable bonds is 3. The fraction of sp³-hybridized carbons (Fsp3) is 0.217. The minimum absolute atomic E-state index is 0.172. The number of benzene rings is 2. The zero-order chi connectivity index (χ0) is 21.4. The normalized spacial score (nSPS) is 14.2. The first kappa shape index (κ1) is 19.7. The van der Waals surface area contributed by atoms with Crippen LogP contribution in [0.25, 0.3) is 11.4 Å². The summed E-state index contributed by atoms with van der Waals surface area (Å²) in [5.74, 6) is 0.322. The number of hydrogen-bond donors (Lipinski definition) is 0. The molecule has 1 aliphatic heterocycles. The molecule has 7 heteroatoms. The van der Waals surface area contributed by atoms with Crippen molar-refractivity contribution in [2.75, 3.05) is 30.9 Å². The molecule has 0 aliphatic carbocycles. The van der Waals surface area contributed by atoms with Crippen molar-refractivity contribution < 1.29 is 9.59 Å². The van der Waals surface area contributed by atoms with Crippen LogP contribution in [0, 0.1) is 0 Å². The summed E-state index contributed by atoms with van der Waals surface area (Å²) in [5.41, 5.74) is 2.35. The van der Waals surface area contributed by atoms with E-state index in [1.807, 2.05) is 80.5 Å². The van der Waals surface area contributed by atoms with Crippen molar-refractivity contribution in [2.24, 2.45) is 0 Å². The molecule has 4 rings (SSSR count). The third kappa shape index (κ3) is 3.23. The molecular formula is C23H23N5O2. The van der Waals surface area contributed by atoms with E-state index in [4.69, 9.17) is 4.98 Å². The Morgan fingerprint density at radius 1 is 1.00 bits per heavy atom. The molecule has 2 aromatic carbocycles. The smallest absolute Gasteiger partial charge is 0.263 e. The highest BCUT2D eigenvalue weighted by Gasteiger charge is 2.36. The van der Waals surface area contributed by atoms with E-state index in [1.165, 1.54) is 11.1 Å². The zero-order valence-electron chi connectivity index (χ0n) is 17.4. The van der Waals surface area contributed by atoms with Gasteiger partial charge in [0.05, 0.1) is 17.4 Å². The number of nitrogens with zero attached hydrogens (tertiary/aromatic N) is 5. The van der Waals surface area contributed by atoms with Gasteiger partial charge in [-0.15, -0.1) is 0 Å². The first-order valence-electron chi connectivity index (χ1n) is 9.70. The SMILES string of the molecule is CC(C(=O)N1c2ccccc2N(C)C(=O)c2cnc(-c3ccccc3)nc21)N(C)C. The van der Waals surface area contributed by atoms with Gasteiger partial charge in [0, 0.05) is 18.8 Å². The van der Waals surface area contributed by atoms with Crippen LogP contribution in [0.3, 0.4) is 0 Å². The second-order valence-electron chi connectivity index (χ2n) is 7.46. The fourth-order valence-corrected chi connectivity index (χ4v) is 3.39. The van der Waals surface area contributed by atoms with E-state index in [0.717, 1.165) is 5.56 Å². The molecule has 0 radical (unpaired) electrons. The molecule has 2 amide bonds. The van der Waals surface area contributed by atoms with Crippen molar-refractivity contribution in [2.45, 2.75) is 13.0 Å². The third-order valence-electron chi connectivity index (χ3n) is 5.38. The molecule has 0 N–H and O–H groups in total. The highest BCUT2D eigenvalue weighted by Crippen LogP contribution is 2.40.